The molecule has 2 aliphatic rings. The zero-order valence-electron chi connectivity index (χ0n) is 14.1. The number of esters is 1. The molecule has 3 unspecified atom stereocenters. The number of carbonyl (C=O) groups is 1. The van der Waals surface area contributed by atoms with Crippen molar-refractivity contribution < 1.29 is 38.0 Å². The number of aliphatic imine (C=N–C) groups is 1. The summed E-state index contributed by atoms with van der Waals surface area (Å²) in [6.07, 6.45) is 10.9. The van der Waals surface area contributed by atoms with Gasteiger partial charge in [0.2, 0.25) is 0 Å². The molecule has 126 valence electrons. The first-order valence-corrected chi connectivity index (χ1v) is 8.36. The molecule has 0 aromatic rings. The van der Waals surface area contributed by atoms with Crippen molar-refractivity contribution in [2.24, 2.45) is 16.8 Å². The van der Waals surface area contributed by atoms with Gasteiger partial charge in [-0.3, -0.25) is 9.28 Å². The lowest BCUT2D eigenvalue weighted by Crippen LogP contribution is -3.00. The van der Waals surface area contributed by atoms with Crippen LogP contribution in [0.1, 0.15) is 52.4 Å². The van der Waals surface area contributed by atoms with Crippen molar-refractivity contribution in [1.29, 1.82) is 0 Å². The zero-order valence-corrected chi connectivity index (χ0v) is 16.2. The normalized spacial score (nSPS) is 30.1. The number of allylic oxidation sites excluding steroid dienone is 1. The Morgan fingerprint density at radius 3 is 2.77 bits per heavy atom. The van der Waals surface area contributed by atoms with Gasteiger partial charge in [0.25, 0.3) is 0 Å². The maximum absolute atomic E-state index is 11.7. The molecule has 3 atom stereocenters. The molecule has 0 aromatic heterocycles. The van der Waals surface area contributed by atoms with Crippen LogP contribution in [-0.2, 0) is 9.53 Å². The molecular formula is C17H29IN2O2. The average Bonchev–Trinajstić information content (AvgIpc) is 3.00. The standard InChI is InChI=1S/C17H29N2O2.HI/c1-4-6-7-8-9-19(3)13-18-11-15(19)10-14-12-21-17(20)16(14)5-2;/h11,13-14,16H,4-10,12H2,1-3H3;1H/q+1;/p-1. The van der Waals surface area contributed by atoms with E-state index in [1.165, 1.54) is 31.4 Å². The van der Waals surface area contributed by atoms with Gasteiger partial charge in [-0.2, -0.15) is 0 Å². The molecule has 0 spiro atoms. The molecule has 0 aliphatic carbocycles. The second kappa shape index (κ2) is 9.01. The molecule has 0 amide bonds. The SMILES string of the molecule is CCCCCC[N+]1(C)C=NC=C1CC1COC(=O)C1CC.[I-]. The molecule has 4 nitrogen and oxygen atoms in total. The van der Waals surface area contributed by atoms with Crippen molar-refractivity contribution in [3.63, 3.8) is 0 Å². The van der Waals surface area contributed by atoms with Crippen LogP contribution in [0.2, 0.25) is 0 Å². The van der Waals surface area contributed by atoms with Crippen LogP contribution in [-0.4, -0.2) is 37.0 Å². The molecule has 2 rings (SSSR count). The summed E-state index contributed by atoms with van der Waals surface area (Å²) in [6.45, 7) is 5.99. The molecule has 2 heterocycles. The molecule has 5 heteroatoms. The molecule has 0 aromatic carbocycles. The fourth-order valence-electron chi connectivity index (χ4n) is 3.38. The Hall–Kier alpha value is -0.430. The molecular weight excluding hydrogens is 391 g/mol. The van der Waals surface area contributed by atoms with E-state index < -0.39 is 0 Å². The van der Waals surface area contributed by atoms with Gasteiger partial charge in [-0.15, -0.1) is 0 Å². The summed E-state index contributed by atoms with van der Waals surface area (Å²) in [5.41, 5.74) is 1.33. The average molecular weight is 420 g/mol. The van der Waals surface area contributed by atoms with Crippen LogP contribution >= 0.6 is 0 Å². The van der Waals surface area contributed by atoms with E-state index in [0.29, 0.717) is 12.5 Å². The summed E-state index contributed by atoms with van der Waals surface area (Å²) in [5, 5.41) is 0. The van der Waals surface area contributed by atoms with Gasteiger partial charge in [0, 0.05) is 12.3 Å². The number of ether oxygens (including phenoxy) is 1. The lowest BCUT2D eigenvalue weighted by Gasteiger charge is -2.29. The highest BCUT2D eigenvalue weighted by molar-refractivity contribution is 5.74. The lowest BCUT2D eigenvalue weighted by molar-refractivity contribution is -0.773. The number of quaternary nitrogens is 1. The summed E-state index contributed by atoms with van der Waals surface area (Å²) in [4.78, 5) is 16.1. The van der Waals surface area contributed by atoms with Crippen LogP contribution in [0.4, 0.5) is 0 Å². The highest BCUT2D eigenvalue weighted by Crippen LogP contribution is 2.34. The van der Waals surface area contributed by atoms with Crippen molar-refractivity contribution in [2.45, 2.75) is 52.4 Å². The first kappa shape index (κ1) is 19.6. The van der Waals surface area contributed by atoms with Gasteiger partial charge < -0.3 is 28.7 Å². The largest absolute Gasteiger partial charge is 1.00 e. The van der Waals surface area contributed by atoms with Gasteiger partial charge in [-0.25, -0.2) is 4.99 Å². The number of cyclic esters (lactones) is 1. The Labute approximate surface area is 151 Å². The van der Waals surface area contributed by atoms with E-state index in [9.17, 15) is 4.79 Å². The predicted octanol–water partition coefficient (Wildman–Crippen LogP) is 0.490. The number of unbranched alkanes of at least 4 members (excludes halogenated alkanes) is 3. The maximum atomic E-state index is 11.7. The van der Waals surface area contributed by atoms with E-state index in [1.54, 1.807) is 0 Å². The Morgan fingerprint density at radius 1 is 1.32 bits per heavy atom. The van der Waals surface area contributed by atoms with Crippen molar-refractivity contribution in [1.82, 2.24) is 0 Å². The second-order valence-corrected chi connectivity index (χ2v) is 6.55. The van der Waals surface area contributed by atoms with E-state index in [4.69, 9.17) is 4.74 Å². The van der Waals surface area contributed by atoms with Crippen LogP contribution in [0.25, 0.3) is 0 Å². The minimum absolute atomic E-state index is 0. The topological polar surface area (TPSA) is 38.7 Å². The maximum Gasteiger partial charge on any atom is 0.309 e. The molecule has 2 aliphatic heterocycles. The third-order valence-corrected chi connectivity index (χ3v) is 4.90. The van der Waals surface area contributed by atoms with Crippen molar-refractivity contribution in [2.75, 3.05) is 20.2 Å². The Balaban J connectivity index is 0.00000242. The van der Waals surface area contributed by atoms with Crippen molar-refractivity contribution >= 4 is 12.3 Å². The molecule has 0 saturated carbocycles. The van der Waals surface area contributed by atoms with Gasteiger partial charge in [-0.05, 0) is 19.3 Å². The Bertz CT molecular complexity index is 436. The van der Waals surface area contributed by atoms with Gasteiger partial charge in [0.1, 0.15) is 5.70 Å². The van der Waals surface area contributed by atoms with E-state index in [-0.39, 0.29) is 35.9 Å². The summed E-state index contributed by atoms with van der Waals surface area (Å²) in [6, 6.07) is 0. The summed E-state index contributed by atoms with van der Waals surface area (Å²) < 4.78 is 6.06. The molecule has 0 N–H and O–H groups in total. The van der Waals surface area contributed by atoms with Crippen LogP contribution < -0.4 is 24.0 Å². The van der Waals surface area contributed by atoms with E-state index in [2.05, 4.69) is 25.9 Å². The number of nitrogens with zero attached hydrogens (tertiary/aromatic N) is 2. The quantitative estimate of drug-likeness (QED) is 0.248. The number of halogens is 1. The van der Waals surface area contributed by atoms with Gasteiger partial charge in [-0.1, -0.05) is 26.7 Å². The predicted molar refractivity (Wildman–Crippen MR) is 84.6 cm³/mol. The monoisotopic (exact) mass is 420 g/mol. The Kier molecular flexibility index (Phi) is 8.03. The van der Waals surface area contributed by atoms with Crippen LogP contribution in [0.5, 0.6) is 0 Å². The van der Waals surface area contributed by atoms with E-state index in [0.717, 1.165) is 23.9 Å². The highest BCUT2D eigenvalue weighted by atomic mass is 127. The number of rotatable bonds is 8. The van der Waals surface area contributed by atoms with Crippen LogP contribution in [0.3, 0.4) is 0 Å². The smallest absolute Gasteiger partial charge is 0.309 e. The van der Waals surface area contributed by atoms with Crippen LogP contribution in [0, 0.1) is 11.8 Å². The summed E-state index contributed by atoms with van der Waals surface area (Å²) in [5.74, 6) is 0.378. The first-order chi connectivity index (χ1) is 10.1. The van der Waals surface area contributed by atoms with Gasteiger partial charge in [0.15, 0.2) is 6.34 Å². The van der Waals surface area contributed by atoms with E-state index >= 15 is 0 Å². The molecule has 22 heavy (non-hydrogen) atoms. The minimum Gasteiger partial charge on any atom is -1.00 e. The number of hydrogen-bond donors (Lipinski definition) is 0. The third-order valence-electron chi connectivity index (χ3n) is 4.90. The number of hydrogen-bond acceptors (Lipinski definition) is 3. The lowest BCUT2D eigenvalue weighted by atomic mass is 9.89. The highest BCUT2D eigenvalue weighted by Gasteiger charge is 2.40. The fraction of sp³-hybridized carbons (Fsp3) is 0.765. The Morgan fingerprint density at radius 2 is 2.09 bits per heavy atom. The number of carbonyl (C=O) groups excluding carboxylic acids is 1. The fourth-order valence-corrected chi connectivity index (χ4v) is 3.38. The summed E-state index contributed by atoms with van der Waals surface area (Å²) >= 11 is 0. The van der Waals surface area contributed by atoms with Crippen molar-refractivity contribution in [3.05, 3.63) is 11.9 Å². The second-order valence-electron chi connectivity index (χ2n) is 6.55. The van der Waals surface area contributed by atoms with Crippen molar-refractivity contribution in [3.8, 4) is 0 Å². The molecule has 1 saturated heterocycles. The van der Waals surface area contributed by atoms with Crippen LogP contribution in [0.15, 0.2) is 16.9 Å². The van der Waals surface area contributed by atoms with E-state index in [1.807, 2.05) is 12.5 Å². The molecule has 0 radical (unpaired) electrons. The zero-order chi connectivity index (χ0) is 15.3. The third kappa shape index (κ3) is 4.54. The molecule has 0 bridgehead atoms. The minimum atomic E-state index is -0.0147. The van der Waals surface area contributed by atoms with Gasteiger partial charge in [0.05, 0.1) is 32.3 Å². The van der Waals surface area contributed by atoms with Gasteiger partial charge >= 0.3 is 5.97 Å². The first-order valence-electron chi connectivity index (χ1n) is 8.36. The molecule has 1 fully saturated rings. The summed E-state index contributed by atoms with van der Waals surface area (Å²) in [7, 11) is 2.23.